The van der Waals surface area contributed by atoms with Gasteiger partial charge in [-0.1, -0.05) is 23.4 Å². The number of alkyl halides is 3. The molecule has 2 heterocycles. The van der Waals surface area contributed by atoms with Crippen LogP contribution in [0.2, 0.25) is 0 Å². The minimum absolute atomic E-state index is 0.271. The molecule has 0 atom stereocenters. The smallest absolute Gasteiger partial charge is 0.406 e. The van der Waals surface area contributed by atoms with Gasteiger partial charge in [0.25, 0.3) is 5.89 Å². The second-order valence-electron chi connectivity index (χ2n) is 4.38. The summed E-state index contributed by atoms with van der Waals surface area (Å²) in [5, 5.41) is 5.76. The van der Waals surface area contributed by atoms with Crippen molar-refractivity contribution in [2.45, 2.75) is 6.36 Å². The fourth-order valence-electron chi connectivity index (χ4n) is 1.76. The van der Waals surface area contributed by atoms with E-state index in [0.29, 0.717) is 17.3 Å². The van der Waals surface area contributed by atoms with E-state index in [0.717, 1.165) is 4.88 Å². The molecule has 0 aliphatic rings. The van der Waals surface area contributed by atoms with E-state index in [1.54, 1.807) is 12.2 Å². The van der Waals surface area contributed by atoms with Crippen LogP contribution >= 0.6 is 11.3 Å². The van der Waals surface area contributed by atoms with Gasteiger partial charge in [-0.15, -0.1) is 24.5 Å². The summed E-state index contributed by atoms with van der Waals surface area (Å²) in [7, 11) is 0. The first-order valence-electron chi connectivity index (χ1n) is 6.41. The van der Waals surface area contributed by atoms with Gasteiger partial charge < -0.3 is 9.26 Å². The second-order valence-corrected chi connectivity index (χ2v) is 5.33. The lowest BCUT2D eigenvalue weighted by molar-refractivity contribution is -0.274. The van der Waals surface area contributed by atoms with E-state index in [1.807, 2.05) is 17.5 Å². The van der Waals surface area contributed by atoms with E-state index in [-0.39, 0.29) is 5.75 Å². The van der Waals surface area contributed by atoms with Gasteiger partial charge in [-0.2, -0.15) is 4.98 Å². The van der Waals surface area contributed by atoms with Crippen molar-refractivity contribution in [2.75, 3.05) is 0 Å². The Morgan fingerprint density at radius 2 is 1.87 bits per heavy atom. The molecule has 0 unspecified atom stereocenters. The zero-order chi connectivity index (χ0) is 16.3. The maximum atomic E-state index is 12.1. The Kier molecular flexibility index (Phi) is 4.16. The van der Waals surface area contributed by atoms with Crippen molar-refractivity contribution in [2.24, 2.45) is 0 Å². The number of rotatable bonds is 4. The summed E-state index contributed by atoms with van der Waals surface area (Å²) in [6.07, 6.45) is -1.45. The molecular weight excluding hydrogens is 329 g/mol. The largest absolute Gasteiger partial charge is 0.573 e. The number of halogens is 3. The Labute approximate surface area is 132 Å². The van der Waals surface area contributed by atoms with Crippen molar-refractivity contribution in [3.05, 3.63) is 53.2 Å². The summed E-state index contributed by atoms with van der Waals surface area (Å²) in [6, 6.07) is 9.22. The van der Waals surface area contributed by atoms with Crippen molar-refractivity contribution >= 4 is 23.5 Å². The van der Waals surface area contributed by atoms with Crippen LogP contribution in [0.5, 0.6) is 5.75 Å². The molecule has 0 amide bonds. The van der Waals surface area contributed by atoms with Gasteiger partial charge in [-0.3, -0.25) is 0 Å². The number of hydrogen-bond acceptors (Lipinski definition) is 5. The predicted octanol–water partition coefficient (Wildman–Crippen LogP) is 4.87. The number of nitrogens with zero attached hydrogens (tertiary/aromatic N) is 2. The van der Waals surface area contributed by atoms with Crippen LogP contribution in [-0.2, 0) is 0 Å². The summed E-state index contributed by atoms with van der Waals surface area (Å²) < 4.78 is 45.1. The molecule has 3 aromatic rings. The molecule has 118 valence electrons. The lowest BCUT2D eigenvalue weighted by Crippen LogP contribution is -2.16. The molecular formula is C15H9F3N2O2S. The third-order valence-electron chi connectivity index (χ3n) is 2.72. The van der Waals surface area contributed by atoms with Gasteiger partial charge in [0.15, 0.2) is 0 Å². The fraction of sp³-hybridized carbons (Fsp3) is 0.0667. The van der Waals surface area contributed by atoms with Gasteiger partial charge >= 0.3 is 6.36 Å². The lowest BCUT2D eigenvalue weighted by Gasteiger charge is -2.08. The van der Waals surface area contributed by atoms with Crippen LogP contribution in [0, 0.1) is 0 Å². The molecule has 1 aromatic carbocycles. The number of aromatic nitrogens is 2. The van der Waals surface area contributed by atoms with Crippen LogP contribution in [0.15, 0.2) is 46.3 Å². The monoisotopic (exact) mass is 338 g/mol. The van der Waals surface area contributed by atoms with E-state index in [4.69, 9.17) is 4.52 Å². The summed E-state index contributed by atoms with van der Waals surface area (Å²) in [4.78, 5) is 5.10. The van der Waals surface area contributed by atoms with Gasteiger partial charge in [0.05, 0.1) is 4.88 Å². The highest BCUT2D eigenvalue weighted by atomic mass is 32.1. The predicted molar refractivity (Wildman–Crippen MR) is 79.7 cm³/mol. The molecule has 0 N–H and O–H groups in total. The van der Waals surface area contributed by atoms with Gasteiger partial charge in [0, 0.05) is 6.08 Å². The van der Waals surface area contributed by atoms with E-state index in [1.165, 1.54) is 35.6 Å². The van der Waals surface area contributed by atoms with E-state index >= 15 is 0 Å². The van der Waals surface area contributed by atoms with Crippen molar-refractivity contribution < 1.29 is 22.4 Å². The van der Waals surface area contributed by atoms with Crippen LogP contribution in [0.1, 0.15) is 11.5 Å². The van der Waals surface area contributed by atoms with Gasteiger partial charge in [0.1, 0.15) is 5.75 Å². The van der Waals surface area contributed by atoms with Gasteiger partial charge in [-0.05, 0) is 35.2 Å². The summed E-state index contributed by atoms with van der Waals surface area (Å²) in [6.45, 7) is 0. The summed E-state index contributed by atoms with van der Waals surface area (Å²) >= 11 is 1.49. The van der Waals surface area contributed by atoms with E-state index in [2.05, 4.69) is 14.9 Å². The van der Waals surface area contributed by atoms with Crippen LogP contribution in [0.4, 0.5) is 13.2 Å². The quantitative estimate of drug-likeness (QED) is 0.681. The van der Waals surface area contributed by atoms with Crippen LogP contribution < -0.4 is 4.74 Å². The molecule has 0 radical (unpaired) electrons. The zero-order valence-corrected chi connectivity index (χ0v) is 12.3. The molecule has 0 aliphatic carbocycles. The van der Waals surface area contributed by atoms with E-state index < -0.39 is 6.36 Å². The fourth-order valence-corrected chi connectivity index (χ4v) is 2.41. The number of ether oxygens (including phenoxy) is 1. The van der Waals surface area contributed by atoms with Crippen molar-refractivity contribution in [1.29, 1.82) is 0 Å². The average Bonchev–Trinajstić information content (AvgIpc) is 3.16. The Morgan fingerprint density at radius 3 is 2.52 bits per heavy atom. The molecule has 3 rings (SSSR count). The summed E-state index contributed by atoms with van der Waals surface area (Å²) in [5.74, 6) is 0.532. The SMILES string of the molecule is FC(F)(F)Oc1ccc(C=Cc2nc(-c3cccs3)no2)cc1. The molecule has 2 aromatic heterocycles. The number of benzene rings is 1. The van der Waals surface area contributed by atoms with Crippen LogP contribution in [-0.4, -0.2) is 16.5 Å². The highest BCUT2D eigenvalue weighted by Gasteiger charge is 2.30. The van der Waals surface area contributed by atoms with Crippen LogP contribution in [0.25, 0.3) is 22.9 Å². The average molecular weight is 338 g/mol. The normalized spacial score (nSPS) is 12.0. The number of thiophene rings is 1. The van der Waals surface area contributed by atoms with E-state index in [9.17, 15) is 13.2 Å². The highest BCUT2D eigenvalue weighted by Crippen LogP contribution is 2.24. The van der Waals surface area contributed by atoms with Crippen molar-refractivity contribution in [3.63, 3.8) is 0 Å². The molecule has 0 bridgehead atoms. The zero-order valence-electron chi connectivity index (χ0n) is 11.4. The molecule has 0 aliphatic heterocycles. The first kappa shape index (κ1) is 15.3. The maximum Gasteiger partial charge on any atom is 0.573 e. The van der Waals surface area contributed by atoms with Gasteiger partial charge in [0.2, 0.25) is 5.82 Å². The number of hydrogen-bond donors (Lipinski definition) is 0. The molecule has 23 heavy (non-hydrogen) atoms. The topological polar surface area (TPSA) is 48.2 Å². The molecule has 4 nitrogen and oxygen atoms in total. The second kappa shape index (κ2) is 6.25. The van der Waals surface area contributed by atoms with Crippen LogP contribution in [0.3, 0.4) is 0 Å². The van der Waals surface area contributed by atoms with Gasteiger partial charge in [-0.25, -0.2) is 0 Å². The third kappa shape index (κ3) is 4.19. The standard InChI is InChI=1S/C15H9F3N2O2S/c16-15(17,18)21-11-6-3-10(4-7-11)5-8-13-19-14(20-22-13)12-2-1-9-23-12/h1-9H. The third-order valence-corrected chi connectivity index (χ3v) is 3.58. The minimum atomic E-state index is -4.70. The Morgan fingerprint density at radius 1 is 1.09 bits per heavy atom. The highest BCUT2D eigenvalue weighted by molar-refractivity contribution is 7.13. The Bertz CT molecular complexity index is 793. The lowest BCUT2D eigenvalue weighted by atomic mass is 10.2. The molecule has 0 fully saturated rings. The first-order valence-corrected chi connectivity index (χ1v) is 7.29. The molecule has 8 heteroatoms. The minimum Gasteiger partial charge on any atom is -0.406 e. The maximum absolute atomic E-state index is 12.1. The first-order chi connectivity index (χ1) is 11.0. The molecule has 0 saturated carbocycles. The van der Waals surface area contributed by atoms with Crippen molar-refractivity contribution in [3.8, 4) is 16.5 Å². The van der Waals surface area contributed by atoms with Crippen molar-refractivity contribution in [1.82, 2.24) is 10.1 Å². The molecule has 0 spiro atoms. The molecule has 0 saturated heterocycles. The Balaban J connectivity index is 1.68. The summed E-state index contributed by atoms with van der Waals surface area (Å²) in [5.41, 5.74) is 0.676. The Hall–Kier alpha value is -2.61.